The Morgan fingerprint density at radius 2 is 2.10 bits per heavy atom. The molecular weight excluding hydrogens is 334 g/mol. The highest BCUT2D eigenvalue weighted by Gasteiger charge is 2.45. The van der Waals surface area contributed by atoms with Crippen molar-refractivity contribution in [2.45, 2.75) is 38.3 Å². The van der Waals surface area contributed by atoms with Gasteiger partial charge in [-0.05, 0) is 30.2 Å². The molecule has 1 heterocycles. The van der Waals surface area contributed by atoms with Crippen LogP contribution in [0.2, 0.25) is 0 Å². The van der Waals surface area contributed by atoms with Gasteiger partial charge in [-0.25, -0.2) is 4.79 Å². The van der Waals surface area contributed by atoms with Crippen molar-refractivity contribution in [2.24, 2.45) is 5.92 Å². The number of hydrogen-bond donors (Lipinski definition) is 1. The summed E-state index contributed by atoms with van der Waals surface area (Å²) in [5.74, 6) is 0.139. The maximum Gasteiger partial charge on any atom is 0.331 e. The molecule has 1 aliphatic heterocycles. The summed E-state index contributed by atoms with van der Waals surface area (Å²) in [5, 5.41) is 3.38. The molecule has 0 radical (unpaired) electrons. The van der Waals surface area contributed by atoms with E-state index in [2.05, 4.69) is 35.1 Å². The van der Waals surface area contributed by atoms with E-state index in [-0.39, 0.29) is 12.1 Å². The summed E-state index contributed by atoms with van der Waals surface area (Å²) in [6, 6.07) is 7.81. The summed E-state index contributed by atoms with van der Waals surface area (Å²) in [6.45, 7) is 4.77. The molecular formula is C16H22BrNO3. The average Bonchev–Trinajstić information content (AvgIpc) is 2.49. The molecule has 5 heteroatoms. The highest BCUT2D eigenvalue weighted by Crippen LogP contribution is 2.33. The molecule has 4 nitrogen and oxygen atoms in total. The third-order valence-electron chi connectivity index (χ3n) is 3.96. The standard InChI is InChI=1S/C16H22BrNO3/c1-11(2)14-10-16(8-9-21-14,15(19)20-3)18-13-6-4-12(17)5-7-13/h4-7,11,14,18H,8-10H2,1-3H3. The second kappa shape index (κ2) is 6.79. The molecule has 21 heavy (non-hydrogen) atoms. The van der Waals surface area contributed by atoms with Gasteiger partial charge in [-0.2, -0.15) is 0 Å². The van der Waals surface area contributed by atoms with Crippen LogP contribution in [0.25, 0.3) is 0 Å². The van der Waals surface area contributed by atoms with Gasteiger partial charge in [-0.1, -0.05) is 29.8 Å². The Bertz CT molecular complexity index is 489. The highest BCUT2D eigenvalue weighted by molar-refractivity contribution is 9.10. The van der Waals surface area contributed by atoms with E-state index in [1.165, 1.54) is 7.11 Å². The van der Waals surface area contributed by atoms with Crippen LogP contribution >= 0.6 is 15.9 Å². The molecule has 0 amide bonds. The summed E-state index contributed by atoms with van der Waals surface area (Å²) in [7, 11) is 1.44. The SMILES string of the molecule is COC(=O)C1(Nc2ccc(Br)cc2)CCOC(C(C)C)C1. The van der Waals surface area contributed by atoms with Crippen LogP contribution in [0.1, 0.15) is 26.7 Å². The van der Waals surface area contributed by atoms with E-state index >= 15 is 0 Å². The minimum atomic E-state index is -0.713. The summed E-state index contributed by atoms with van der Waals surface area (Å²) >= 11 is 3.42. The summed E-state index contributed by atoms with van der Waals surface area (Å²) in [5.41, 5.74) is 0.198. The van der Waals surface area contributed by atoms with E-state index in [1.807, 2.05) is 24.3 Å². The minimum Gasteiger partial charge on any atom is -0.467 e. The van der Waals surface area contributed by atoms with Crippen molar-refractivity contribution < 1.29 is 14.3 Å². The summed E-state index contributed by atoms with van der Waals surface area (Å²) in [6.07, 6.45) is 1.28. The maximum atomic E-state index is 12.4. The van der Waals surface area contributed by atoms with Gasteiger partial charge in [0.25, 0.3) is 0 Å². The first-order valence-corrected chi connectivity index (χ1v) is 8.00. The minimum absolute atomic E-state index is 0.0563. The number of benzene rings is 1. The van der Waals surface area contributed by atoms with Crippen LogP contribution < -0.4 is 5.32 Å². The topological polar surface area (TPSA) is 47.6 Å². The Balaban J connectivity index is 2.24. The molecule has 2 rings (SSSR count). The molecule has 1 N–H and O–H groups in total. The highest BCUT2D eigenvalue weighted by atomic mass is 79.9. The van der Waals surface area contributed by atoms with Crippen molar-refractivity contribution in [3.05, 3.63) is 28.7 Å². The van der Waals surface area contributed by atoms with Gasteiger partial charge >= 0.3 is 5.97 Å². The quantitative estimate of drug-likeness (QED) is 0.838. The third kappa shape index (κ3) is 3.77. The molecule has 1 aromatic carbocycles. The average molecular weight is 356 g/mol. The van der Waals surface area contributed by atoms with E-state index in [0.717, 1.165) is 10.2 Å². The number of carbonyl (C=O) groups excluding carboxylic acids is 1. The molecule has 0 aliphatic carbocycles. The zero-order valence-electron chi connectivity index (χ0n) is 12.7. The van der Waals surface area contributed by atoms with E-state index in [4.69, 9.17) is 9.47 Å². The van der Waals surface area contributed by atoms with Gasteiger partial charge in [0, 0.05) is 29.6 Å². The van der Waals surface area contributed by atoms with Gasteiger partial charge in [-0.15, -0.1) is 0 Å². The first-order chi connectivity index (χ1) is 9.97. The molecule has 1 aromatic rings. The first-order valence-electron chi connectivity index (χ1n) is 7.20. The first kappa shape index (κ1) is 16.3. The molecule has 0 saturated carbocycles. The fraction of sp³-hybridized carbons (Fsp3) is 0.562. The Labute approximate surface area is 134 Å². The predicted molar refractivity (Wildman–Crippen MR) is 86.3 cm³/mol. The molecule has 2 atom stereocenters. The van der Waals surface area contributed by atoms with Crippen molar-refractivity contribution in [3.8, 4) is 0 Å². The molecule has 2 unspecified atom stereocenters. The van der Waals surface area contributed by atoms with Crippen LogP contribution in [-0.4, -0.2) is 31.3 Å². The maximum absolute atomic E-state index is 12.4. The molecule has 1 aliphatic rings. The van der Waals surface area contributed by atoms with Crippen molar-refractivity contribution >= 4 is 27.6 Å². The Hall–Kier alpha value is -1.07. The van der Waals surface area contributed by atoms with E-state index in [1.54, 1.807) is 0 Å². The van der Waals surface area contributed by atoms with Crippen LogP contribution in [0.3, 0.4) is 0 Å². The molecule has 0 aromatic heterocycles. The lowest BCUT2D eigenvalue weighted by molar-refractivity contribution is -0.152. The van der Waals surface area contributed by atoms with Gasteiger partial charge in [0.2, 0.25) is 0 Å². The monoisotopic (exact) mass is 355 g/mol. The summed E-state index contributed by atoms with van der Waals surface area (Å²) in [4.78, 5) is 12.4. The van der Waals surface area contributed by atoms with Crippen LogP contribution in [0.5, 0.6) is 0 Å². The fourth-order valence-electron chi connectivity index (χ4n) is 2.67. The normalized spacial score (nSPS) is 25.7. The van der Waals surface area contributed by atoms with Gasteiger partial charge in [-0.3, -0.25) is 0 Å². The molecule has 0 bridgehead atoms. The lowest BCUT2D eigenvalue weighted by Gasteiger charge is -2.41. The third-order valence-corrected chi connectivity index (χ3v) is 4.49. The number of nitrogens with one attached hydrogen (secondary N) is 1. The van der Waals surface area contributed by atoms with Gasteiger partial charge in [0.05, 0.1) is 13.2 Å². The smallest absolute Gasteiger partial charge is 0.331 e. The number of methoxy groups -OCH3 is 1. The van der Waals surface area contributed by atoms with E-state index in [0.29, 0.717) is 25.4 Å². The van der Waals surface area contributed by atoms with Crippen molar-refractivity contribution in [3.63, 3.8) is 0 Å². The lowest BCUT2D eigenvalue weighted by Crippen LogP contribution is -2.54. The largest absolute Gasteiger partial charge is 0.467 e. The zero-order chi connectivity index (χ0) is 15.5. The Kier molecular flexibility index (Phi) is 5.27. The van der Waals surface area contributed by atoms with Crippen molar-refractivity contribution in [1.29, 1.82) is 0 Å². The number of hydrogen-bond acceptors (Lipinski definition) is 4. The molecule has 1 saturated heterocycles. The second-order valence-electron chi connectivity index (χ2n) is 5.81. The predicted octanol–water partition coefficient (Wildman–Crippen LogP) is 3.61. The Morgan fingerprint density at radius 3 is 2.67 bits per heavy atom. The zero-order valence-corrected chi connectivity index (χ0v) is 14.3. The van der Waals surface area contributed by atoms with Crippen LogP contribution in [-0.2, 0) is 14.3 Å². The summed E-state index contributed by atoms with van der Waals surface area (Å²) < 4.78 is 11.8. The number of rotatable bonds is 4. The van der Waals surface area contributed by atoms with Crippen LogP contribution in [0.4, 0.5) is 5.69 Å². The van der Waals surface area contributed by atoms with E-state index in [9.17, 15) is 4.79 Å². The number of ether oxygens (including phenoxy) is 2. The number of halogens is 1. The van der Waals surface area contributed by atoms with Gasteiger partial charge in [0.1, 0.15) is 5.54 Å². The number of anilines is 1. The van der Waals surface area contributed by atoms with Crippen molar-refractivity contribution in [1.82, 2.24) is 0 Å². The second-order valence-corrected chi connectivity index (χ2v) is 6.73. The van der Waals surface area contributed by atoms with E-state index < -0.39 is 5.54 Å². The Morgan fingerprint density at radius 1 is 1.43 bits per heavy atom. The van der Waals surface area contributed by atoms with Gasteiger partial charge in [0.15, 0.2) is 0 Å². The molecule has 1 fully saturated rings. The van der Waals surface area contributed by atoms with Gasteiger partial charge < -0.3 is 14.8 Å². The molecule has 116 valence electrons. The lowest BCUT2D eigenvalue weighted by atomic mass is 9.83. The van der Waals surface area contributed by atoms with Crippen LogP contribution in [0, 0.1) is 5.92 Å². The van der Waals surface area contributed by atoms with Crippen LogP contribution in [0.15, 0.2) is 28.7 Å². The number of esters is 1. The number of carbonyl (C=O) groups is 1. The fourth-order valence-corrected chi connectivity index (χ4v) is 2.94. The molecule has 0 spiro atoms. The van der Waals surface area contributed by atoms with Crippen molar-refractivity contribution in [2.75, 3.05) is 19.0 Å².